The lowest BCUT2D eigenvalue weighted by Gasteiger charge is -2.55. The van der Waals surface area contributed by atoms with E-state index in [1.807, 2.05) is 0 Å². The first kappa shape index (κ1) is 19.2. The van der Waals surface area contributed by atoms with Crippen molar-refractivity contribution in [3.8, 4) is 0 Å². The van der Waals surface area contributed by atoms with Crippen LogP contribution in [0.3, 0.4) is 0 Å². The van der Waals surface area contributed by atoms with Crippen LogP contribution in [0.15, 0.2) is 0 Å². The van der Waals surface area contributed by atoms with E-state index in [9.17, 15) is 9.59 Å². The summed E-state index contributed by atoms with van der Waals surface area (Å²) in [5.74, 6) is 1.48. The Hall–Kier alpha value is -1.18. The Balaban J connectivity index is 1.55. The molecule has 27 heavy (non-hydrogen) atoms. The van der Waals surface area contributed by atoms with Gasteiger partial charge in [-0.1, -0.05) is 0 Å². The van der Waals surface area contributed by atoms with Gasteiger partial charge in [-0.3, -0.25) is 9.59 Å². The van der Waals surface area contributed by atoms with E-state index in [0.29, 0.717) is 25.0 Å². The standard InChI is InChI=1S/C20H34N4O3/c1-13-11-23(20(26)19-4-3-7-27-19)18-8-15(16-9-21-12-22-10-16)5-6-17(18)24(13)14(2)25/h13,15-19,21-22H,3-12H2,1-2H3/t13-,15?,17?,18?,19?/m0/s1. The molecule has 4 rings (SSSR count). The molecular weight excluding hydrogens is 344 g/mol. The average molecular weight is 379 g/mol. The highest BCUT2D eigenvalue weighted by molar-refractivity contribution is 5.82. The Kier molecular flexibility index (Phi) is 5.71. The molecule has 5 atom stereocenters. The zero-order chi connectivity index (χ0) is 19.0. The monoisotopic (exact) mass is 378 g/mol. The zero-order valence-corrected chi connectivity index (χ0v) is 16.7. The third-order valence-electron chi connectivity index (χ3n) is 7.10. The molecule has 1 saturated carbocycles. The summed E-state index contributed by atoms with van der Waals surface area (Å²) in [5, 5.41) is 6.88. The van der Waals surface area contributed by atoms with Gasteiger partial charge in [-0.25, -0.2) is 0 Å². The van der Waals surface area contributed by atoms with Crippen LogP contribution in [-0.4, -0.2) is 78.8 Å². The minimum atomic E-state index is -0.278. The molecule has 152 valence electrons. The van der Waals surface area contributed by atoms with E-state index in [-0.39, 0.29) is 36.0 Å². The highest BCUT2D eigenvalue weighted by Gasteiger charge is 2.48. The van der Waals surface area contributed by atoms with Crippen LogP contribution in [0.5, 0.6) is 0 Å². The number of carbonyl (C=O) groups is 2. The lowest BCUT2D eigenvalue weighted by molar-refractivity contribution is -0.160. The highest BCUT2D eigenvalue weighted by Crippen LogP contribution is 2.39. The number of nitrogens with zero attached hydrogens (tertiary/aromatic N) is 2. The van der Waals surface area contributed by atoms with Crippen LogP contribution in [0.25, 0.3) is 0 Å². The number of amides is 2. The summed E-state index contributed by atoms with van der Waals surface area (Å²) in [6.45, 7) is 8.04. The molecule has 0 radical (unpaired) electrons. The topological polar surface area (TPSA) is 73.9 Å². The van der Waals surface area contributed by atoms with Gasteiger partial charge in [0, 0.05) is 45.9 Å². The quantitative estimate of drug-likeness (QED) is 0.734. The lowest BCUT2D eigenvalue weighted by Crippen LogP contribution is -2.68. The first-order chi connectivity index (χ1) is 13.1. The fraction of sp³-hybridized carbons (Fsp3) is 0.900. The molecule has 3 heterocycles. The molecule has 0 aromatic carbocycles. The number of nitrogens with one attached hydrogen (secondary N) is 2. The molecule has 2 amide bonds. The molecule has 0 aromatic heterocycles. The van der Waals surface area contributed by atoms with Crippen molar-refractivity contribution in [2.24, 2.45) is 11.8 Å². The smallest absolute Gasteiger partial charge is 0.252 e. The van der Waals surface area contributed by atoms with Gasteiger partial charge in [0.2, 0.25) is 5.91 Å². The van der Waals surface area contributed by atoms with Crippen molar-refractivity contribution >= 4 is 11.8 Å². The van der Waals surface area contributed by atoms with E-state index in [0.717, 1.165) is 51.9 Å². The van der Waals surface area contributed by atoms with Gasteiger partial charge >= 0.3 is 0 Å². The van der Waals surface area contributed by atoms with Gasteiger partial charge in [0.25, 0.3) is 5.91 Å². The van der Waals surface area contributed by atoms with Crippen molar-refractivity contribution in [1.82, 2.24) is 20.4 Å². The number of hydrogen-bond donors (Lipinski definition) is 2. The number of ether oxygens (including phenoxy) is 1. The van der Waals surface area contributed by atoms with Gasteiger partial charge in [0.1, 0.15) is 6.10 Å². The maximum Gasteiger partial charge on any atom is 0.252 e. The third kappa shape index (κ3) is 3.74. The Morgan fingerprint density at radius 3 is 2.48 bits per heavy atom. The summed E-state index contributed by atoms with van der Waals surface area (Å²) < 4.78 is 5.71. The number of carbonyl (C=O) groups excluding carboxylic acids is 2. The molecule has 4 fully saturated rings. The van der Waals surface area contributed by atoms with Crippen molar-refractivity contribution in [1.29, 1.82) is 0 Å². The number of fused-ring (bicyclic) bond motifs is 1. The Morgan fingerprint density at radius 1 is 1.04 bits per heavy atom. The zero-order valence-electron chi connectivity index (χ0n) is 16.7. The summed E-state index contributed by atoms with van der Waals surface area (Å²) in [4.78, 5) is 29.7. The van der Waals surface area contributed by atoms with Crippen LogP contribution < -0.4 is 10.6 Å². The van der Waals surface area contributed by atoms with E-state index in [4.69, 9.17) is 4.74 Å². The predicted molar refractivity (Wildman–Crippen MR) is 102 cm³/mol. The SMILES string of the molecule is CC(=O)N1C2CCC(C3CNCNC3)CC2N(C(=O)C2CCCO2)C[C@@H]1C. The summed E-state index contributed by atoms with van der Waals surface area (Å²) >= 11 is 0. The normalized spacial score (nSPS) is 37.9. The molecule has 0 aromatic rings. The van der Waals surface area contributed by atoms with E-state index in [1.165, 1.54) is 0 Å². The lowest BCUT2D eigenvalue weighted by atomic mass is 9.73. The minimum Gasteiger partial charge on any atom is -0.368 e. The largest absolute Gasteiger partial charge is 0.368 e. The van der Waals surface area contributed by atoms with Gasteiger partial charge in [-0.2, -0.15) is 0 Å². The summed E-state index contributed by atoms with van der Waals surface area (Å²) in [5.41, 5.74) is 0. The van der Waals surface area contributed by atoms with E-state index < -0.39 is 0 Å². The molecule has 2 N–H and O–H groups in total. The van der Waals surface area contributed by atoms with E-state index in [2.05, 4.69) is 27.4 Å². The molecule has 4 unspecified atom stereocenters. The Bertz CT molecular complexity index is 559. The number of rotatable bonds is 2. The van der Waals surface area contributed by atoms with Crippen molar-refractivity contribution in [3.63, 3.8) is 0 Å². The van der Waals surface area contributed by atoms with Crippen molar-refractivity contribution in [2.75, 3.05) is 32.9 Å². The summed E-state index contributed by atoms with van der Waals surface area (Å²) in [6.07, 6.45) is 4.64. The number of hydrogen-bond acceptors (Lipinski definition) is 5. The maximum absolute atomic E-state index is 13.2. The van der Waals surface area contributed by atoms with Gasteiger partial charge in [-0.05, 0) is 50.9 Å². The second kappa shape index (κ2) is 8.05. The first-order valence-electron chi connectivity index (χ1n) is 10.7. The second-order valence-corrected chi connectivity index (χ2v) is 8.82. The molecule has 0 bridgehead atoms. The summed E-state index contributed by atoms with van der Waals surface area (Å²) in [7, 11) is 0. The fourth-order valence-electron chi connectivity index (χ4n) is 5.85. The molecule has 1 aliphatic carbocycles. The molecule has 7 heteroatoms. The van der Waals surface area contributed by atoms with Crippen LogP contribution in [0.1, 0.15) is 46.0 Å². The Labute approximate surface area is 162 Å². The first-order valence-corrected chi connectivity index (χ1v) is 10.7. The minimum absolute atomic E-state index is 0.0728. The Morgan fingerprint density at radius 2 is 1.81 bits per heavy atom. The molecule has 3 saturated heterocycles. The molecule has 4 aliphatic rings. The van der Waals surface area contributed by atoms with Crippen LogP contribution >= 0.6 is 0 Å². The predicted octanol–water partition coefficient (Wildman–Crippen LogP) is 0.548. The average Bonchev–Trinajstić information content (AvgIpc) is 3.21. The van der Waals surface area contributed by atoms with Crippen LogP contribution in [0, 0.1) is 11.8 Å². The van der Waals surface area contributed by atoms with Crippen LogP contribution in [-0.2, 0) is 14.3 Å². The molecular formula is C20H34N4O3. The molecule has 3 aliphatic heterocycles. The van der Waals surface area contributed by atoms with Crippen LogP contribution in [0.2, 0.25) is 0 Å². The fourth-order valence-corrected chi connectivity index (χ4v) is 5.85. The van der Waals surface area contributed by atoms with Gasteiger partial charge in [0.15, 0.2) is 0 Å². The summed E-state index contributed by atoms with van der Waals surface area (Å²) in [6, 6.07) is 0.350. The molecule has 7 nitrogen and oxygen atoms in total. The van der Waals surface area contributed by atoms with E-state index in [1.54, 1.807) is 6.92 Å². The van der Waals surface area contributed by atoms with Crippen molar-refractivity contribution in [3.05, 3.63) is 0 Å². The number of piperazine rings is 1. The van der Waals surface area contributed by atoms with Crippen molar-refractivity contribution in [2.45, 2.75) is 70.2 Å². The highest BCUT2D eigenvalue weighted by atomic mass is 16.5. The van der Waals surface area contributed by atoms with Crippen molar-refractivity contribution < 1.29 is 14.3 Å². The van der Waals surface area contributed by atoms with Crippen LogP contribution in [0.4, 0.5) is 0 Å². The second-order valence-electron chi connectivity index (χ2n) is 8.82. The third-order valence-corrected chi connectivity index (χ3v) is 7.10. The van der Waals surface area contributed by atoms with Gasteiger partial charge in [0.05, 0.1) is 12.1 Å². The van der Waals surface area contributed by atoms with E-state index >= 15 is 0 Å². The van der Waals surface area contributed by atoms with Gasteiger partial charge < -0.3 is 25.2 Å². The maximum atomic E-state index is 13.2. The molecule has 0 spiro atoms. The van der Waals surface area contributed by atoms with Gasteiger partial charge in [-0.15, -0.1) is 0 Å².